The SMILES string of the molecule is COc1ccc(/N=C2\S/C(=C\c3ccc4[nH]cnc4c3)C(=O)N2c2ccccc2)cc1. The molecule has 1 saturated heterocycles. The van der Waals surface area contributed by atoms with E-state index in [4.69, 9.17) is 9.73 Å². The number of methoxy groups -OCH3 is 1. The van der Waals surface area contributed by atoms with Crippen LogP contribution in [0.4, 0.5) is 11.4 Å². The first-order chi connectivity index (χ1) is 15.2. The fourth-order valence-electron chi connectivity index (χ4n) is 3.31. The van der Waals surface area contributed by atoms with Gasteiger partial charge in [0.15, 0.2) is 5.17 Å². The number of nitrogens with one attached hydrogen (secondary N) is 1. The number of fused-ring (bicyclic) bond motifs is 1. The van der Waals surface area contributed by atoms with E-state index in [1.165, 1.54) is 11.8 Å². The second-order valence-corrected chi connectivity index (χ2v) is 7.87. The van der Waals surface area contributed by atoms with Gasteiger partial charge in [-0.15, -0.1) is 0 Å². The van der Waals surface area contributed by atoms with Crippen molar-refractivity contribution in [2.75, 3.05) is 12.0 Å². The van der Waals surface area contributed by atoms with Crippen LogP contribution in [-0.4, -0.2) is 28.2 Å². The minimum Gasteiger partial charge on any atom is -0.497 e. The van der Waals surface area contributed by atoms with Crippen LogP contribution in [0.1, 0.15) is 5.56 Å². The highest BCUT2D eigenvalue weighted by Gasteiger charge is 2.34. The lowest BCUT2D eigenvalue weighted by molar-refractivity contribution is -0.113. The van der Waals surface area contributed by atoms with Crippen molar-refractivity contribution in [3.63, 3.8) is 0 Å². The van der Waals surface area contributed by atoms with Gasteiger partial charge in [-0.3, -0.25) is 9.69 Å². The van der Waals surface area contributed by atoms with E-state index in [0.717, 1.165) is 33.7 Å². The van der Waals surface area contributed by atoms with Crippen molar-refractivity contribution in [3.8, 4) is 5.75 Å². The van der Waals surface area contributed by atoms with Gasteiger partial charge >= 0.3 is 0 Å². The number of nitrogens with zero attached hydrogens (tertiary/aromatic N) is 3. The van der Waals surface area contributed by atoms with Crippen molar-refractivity contribution in [2.45, 2.75) is 0 Å². The quantitative estimate of drug-likeness (QED) is 0.445. The summed E-state index contributed by atoms with van der Waals surface area (Å²) >= 11 is 1.36. The monoisotopic (exact) mass is 426 g/mol. The summed E-state index contributed by atoms with van der Waals surface area (Å²) in [7, 11) is 1.63. The molecule has 0 spiro atoms. The van der Waals surface area contributed by atoms with Crippen LogP contribution < -0.4 is 9.64 Å². The van der Waals surface area contributed by atoms with Crippen LogP contribution in [-0.2, 0) is 4.79 Å². The lowest BCUT2D eigenvalue weighted by Gasteiger charge is -2.15. The average Bonchev–Trinajstić information content (AvgIpc) is 3.39. The van der Waals surface area contributed by atoms with Gasteiger partial charge in [-0.2, -0.15) is 0 Å². The summed E-state index contributed by atoms with van der Waals surface area (Å²) in [5, 5.41) is 0.605. The number of aromatic nitrogens is 2. The van der Waals surface area contributed by atoms with Gasteiger partial charge < -0.3 is 9.72 Å². The van der Waals surface area contributed by atoms with Gasteiger partial charge in [0.05, 0.1) is 40.8 Å². The number of benzene rings is 3. The number of para-hydroxylation sites is 1. The van der Waals surface area contributed by atoms with Gasteiger partial charge in [0.1, 0.15) is 5.75 Å². The molecule has 1 amide bonds. The number of imidazole rings is 1. The molecular formula is C24H18N4O2S. The molecule has 0 atom stereocenters. The standard InChI is InChI=1S/C24H18N4O2S/c1-30-19-10-8-17(9-11-19)27-24-28(18-5-3-2-4-6-18)23(29)22(31-24)14-16-7-12-20-21(13-16)26-15-25-20/h2-15H,1H3,(H,25,26)/b22-14-,27-24-. The van der Waals surface area contributed by atoms with Gasteiger partial charge in [-0.1, -0.05) is 24.3 Å². The summed E-state index contributed by atoms with van der Waals surface area (Å²) in [6.07, 6.45) is 3.54. The van der Waals surface area contributed by atoms with Gasteiger partial charge in [-0.25, -0.2) is 9.98 Å². The summed E-state index contributed by atoms with van der Waals surface area (Å²) < 4.78 is 5.22. The molecule has 31 heavy (non-hydrogen) atoms. The Bertz CT molecular complexity index is 1310. The number of amidine groups is 1. The summed E-state index contributed by atoms with van der Waals surface area (Å²) in [5.74, 6) is 0.652. The van der Waals surface area contributed by atoms with Crippen molar-refractivity contribution >= 4 is 51.3 Å². The Balaban J connectivity index is 1.55. The first kappa shape index (κ1) is 19.1. The molecule has 1 fully saturated rings. The van der Waals surface area contributed by atoms with E-state index >= 15 is 0 Å². The van der Waals surface area contributed by atoms with E-state index in [-0.39, 0.29) is 5.91 Å². The van der Waals surface area contributed by atoms with E-state index in [0.29, 0.717) is 10.1 Å². The van der Waals surface area contributed by atoms with Crippen LogP contribution in [0.5, 0.6) is 5.75 Å². The van der Waals surface area contributed by atoms with E-state index in [1.807, 2.05) is 78.9 Å². The van der Waals surface area contributed by atoms with Gasteiger partial charge in [-0.05, 0) is 71.9 Å². The van der Waals surface area contributed by atoms with Crippen LogP contribution >= 0.6 is 11.8 Å². The summed E-state index contributed by atoms with van der Waals surface area (Å²) in [6.45, 7) is 0. The van der Waals surface area contributed by atoms with E-state index in [1.54, 1.807) is 18.3 Å². The van der Waals surface area contributed by atoms with Crippen molar-refractivity contribution in [3.05, 3.63) is 89.6 Å². The Morgan fingerprint density at radius 2 is 1.87 bits per heavy atom. The first-order valence-electron chi connectivity index (χ1n) is 9.66. The third-order valence-corrected chi connectivity index (χ3v) is 5.83. The van der Waals surface area contributed by atoms with Gasteiger partial charge in [0, 0.05) is 0 Å². The minimum atomic E-state index is -0.106. The number of carbonyl (C=O) groups is 1. The molecule has 3 aromatic carbocycles. The van der Waals surface area contributed by atoms with Crippen molar-refractivity contribution in [1.82, 2.24) is 9.97 Å². The molecule has 5 rings (SSSR count). The number of H-pyrrole nitrogens is 1. The number of rotatable bonds is 4. The number of anilines is 1. The first-order valence-corrected chi connectivity index (χ1v) is 10.5. The molecule has 152 valence electrons. The maximum atomic E-state index is 13.3. The highest BCUT2D eigenvalue weighted by atomic mass is 32.2. The maximum Gasteiger partial charge on any atom is 0.271 e. The number of thioether (sulfide) groups is 1. The molecule has 1 N–H and O–H groups in total. The molecule has 0 aliphatic carbocycles. The van der Waals surface area contributed by atoms with Crippen molar-refractivity contribution in [2.24, 2.45) is 4.99 Å². The third-order valence-electron chi connectivity index (χ3n) is 4.86. The molecule has 1 aliphatic rings. The normalized spacial score (nSPS) is 16.5. The van der Waals surface area contributed by atoms with Crippen LogP contribution in [0, 0.1) is 0 Å². The van der Waals surface area contributed by atoms with Crippen LogP contribution in [0.2, 0.25) is 0 Å². The molecule has 1 aliphatic heterocycles. The van der Waals surface area contributed by atoms with Crippen molar-refractivity contribution in [1.29, 1.82) is 0 Å². The van der Waals surface area contributed by atoms with Gasteiger partial charge in [0.2, 0.25) is 0 Å². The Kier molecular flexibility index (Phi) is 5.01. The zero-order chi connectivity index (χ0) is 21.2. The van der Waals surface area contributed by atoms with Crippen LogP contribution in [0.15, 0.2) is 89.0 Å². The molecule has 6 nitrogen and oxygen atoms in total. The number of amides is 1. The van der Waals surface area contributed by atoms with E-state index < -0.39 is 0 Å². The van der Waals surface area contributed by atoms with E-state index in [2.05, 4.69) is 9.97 Å². The molecular weight excluding hydrogens is 408 g/mol. The molecule has 4 aromatic rings. The van der Waals surface area contributed by atoms with E-state index in [9.17, 15) is 4.79 Å². The summed E-state index contributed by atoms with van der Waals surface area (Å²) in [4.78, 5) is 27.7. The minimum absolute atomic E-state index is 0.106. The van der Waals surface area contributed by atoms with Crippen LogP contribution in [0.3, 0.4) is 0 Å². The average molecular weight is 427 g/mol. The fraction of sp³-hybridized carbons (Fsp3) is 0.0417. The molecule has 0 saturated carbocycles. The van der Waals surface area contributed by atoms with Gasteiger partial charge in [0.25, 0.3) is 5.91 Å². The fourth-order valence-corrected chi connectivity index (χ4v) is 4.31. The maximum absolute atomic E-state index is 13.3. The molecule has 0 bridgehead atoms. The molecule has 0 unspecified atom stereocenters. The molecule has 1 aromatic heterocycles. The number of hydrogen-bond acceptors (Lipinski definition) is 5. The van der Waals surface area contributed by atoms with Crippen LogP contribution in [0.25, 0.3) is 17.1 Å². The lowest BCUT2D eigenvalue weighted by Crippen LogP contribution is -2.28. The number of carbonyl (C=O) groups excluding carboxylic acids is 1. The number of ether oxygens (including phenoxy) is 1. The number of hydrogen-bond donors (Lipinski definition) is 1. The smallest absolute Gasteiger partial charge is 0.271 e. The lowest BCUT2D eigenvalue weighted by atomic mass is 10.2. The third kappa shape index (κ3) is 3.83. The highest BCUT2D eigenvalue weighted by Crippen LogP contribution is 2.37. The second-order valence-electron chi connectivity index (χ2n) is 6.86. The Morgan fingerprint density at radius 1 is 1.06 bits per heavy atom. The Hall–Kier alpha value is -3.84. The highest BCUT2D eigenvalue weighted by molar-refractivity contribution is 8.19. The van der Waals surface area contributed by atoms with Crippen molar-refractivity contribution < 1.29 is 9.53 Å². The number of aliphatic imine (C=N–C) groups is 1. The number of aromatic amines is 1. The molecule has 0 radical (unpaired) electrons. The molecule has 7 heteroatoms. The molecule has 2 heterocycles. The predicted octanol–water partition coefficient (Wildman–Crippen LogP) is 5.38. The largest absolute Gasteiger partial charge is 0.497 e. The predicted molar refractivity (Wildman–Crippen MR) is 126 cm³/mol. The second kappa shape index (κ2) is 8.12. The summed E-state index contributed by atoms with van der Waals surface area (Å²) in [6, 6.07) is 22.9. The zero-order valence-electron chi connectivity index (χ0n) is 16.6. The summed E-state index contributed by atoms with van der Waals surface area (Å²) in [5.41, 5.74) is 4.25. The zero-order valence-corrected chi connectivity index (χ0v) is 17.5. The Labute approximate surface area is 183 Å². The topological polar surface area (TPSA) is 70.6 Å². The Morgan fingerprint density at radius 3 is 2.65 bits per heavy atom.